The number of rotatable bonds is 3. The van der Waals surface area contributed by atoms with Crippen molar-refractivity contribution >= 4 is 33.5 Å². The van der Waals surface area contributed by atoms with Crippen molar-refractivity contribution in [3.63, 3.8) is 0 Å². The second-order valence-electron chi connectivity index (χ2n) is 5.52. The number of hydrogen-bond donors (Lipinski definition) is 1. The van der Waals surface area contributed by atoms with E-state index in [2.05, 4.69) is 22.1 Å². The molecule has 4 nitrogen and oxygen atoms in total. The van der Waals surface area contributed by atoms with Gasteiger partial charge in [-0.15, -0.1) is 0 Å². The molecule has 23 heavy (non-hydrogen) atoms. The first kappa shape index (κ1) is 14.0. The van der Waals surface area contributed by atoms with Gasteiger partial charge in [-0.2, -0.15) is 0 Å². The fourth-order valence-electron chi connectivity index (χ4n) is 2.82. The molecule has 0 spiro atoms. The molecule has 2 aromatic heterocycles. The van der Waals surface area contributed by atoms with Crippen molar-refractivity contribution in [3.05, 3.63) is 75.8 Å². The van der Waals surface area contributed by atoms with Crippen molar-refractivity contribution in [2.75, 3.05) is 0 Å². The van der Waals surface area contributed by atoms with Crippen LogP contribution in [0.3, 0.4) is 0 Å². The van der Waals surface area contributed by atoms with Crippen LogP contribution in [0, 0.1) is 0 Å². The first-order chi connectivity index (χ1) is 11.2. The van der Waals surface area contributed by atoms with Crippen LogP contribution in [-0.2, 0) is 13.0 Å². The van der Waals surface area contributed by atoms with E-state index in [4.69, 9.17) is 11.6 Å². The Hall–Kier alpha value is -2.59. The van der Waals surface area contributed by atoms with Crippen molar-refractivity contribution < 1.29 is 0 Å². The Morgan fingerprint density at radius 2 is 1.96 bits per heavy atom. The molecule has 0 amide bonds. The van der Waals surface area contributed by atoms with Gasteiger partial charge in [0.2, 0.25) is 0 Å². The van der Waals surface area contributed by atoms with Gasteiger partial charge in [-0.3, -0.25) is 9.36 Å². The maximum Gasteiger partial charge on any atom is 0.277 e. The molecule has 0 aliphatic carbocycles. The van der Waals surface area contributed by atoms with Gasteiger partial charge in [0, 0.05) is 22.5 Å². The molecule has 0 atom stereocenters. The molecule has 2 aromatic carbocycles. The van der Waals surface area contributed by atoms with Gasteiger partial charge < -0.3 is 4.98 Å². The maximum atomic E-state index is 12.7. The van der Waals surface area contributed by atoms with Gasteiger partial charge in [0.15, 0.2) is 0 Å². The molecular weight excluding hydrogens is 310 g/mol. The Bertz CT molecular complexity index is 1050. The van der Waals surface area contributed by atoms with Crippen LogP contribution in [-0.4, -0.2) is 14.5 Å². The SMILES string of the molecule is O=c1c2[nH]c3ccc(Cl)cc3c2ncn1CCc1ccccc1. The van der Waals surface area contributed by atoms with Crippen LogP contribution >= 0.6 is 11.6 Å². The molecule has 0 unspecified atom stereocenters. The van der Waals surface area contributed by atoms with Crippen molar-refractivity contribution in [2.24, 2.45) is 0 Å². The summed E-state index contributed by atoms with van der Waals surface area (Å²) in [5.41, 5.74) is 3.21. The number of fused-ring (bicyclic) bond motifs is 3. The van der Waals surface area contributed by atoms with Crippen molar-refractivity contribution in [1.82, 2.24) is 14.5 Å². The minimum atomic E-state index is -0.0572. The first-order valence-corrected chi connectivity index (χ1v) is 7.80. The van der Waals surface area contributed by atoms with Crippen LogP contribution in [0.5, 0.6) is 0 Å². The van der Waals surface area contributed by atoms with E-state index >= 15 is 0 Å². The summed E-state index contributed by atoms with van der Waals surface area (Å²) in [4.78, 5) is 20.3. The van der Waals surface area contributed by atoms with Gasteiger partial charge in [-0.25, -0.2) is 4.98 Å². The highest BCUT2D eigenvalue weighted by Gasteiger charge is 2.11. The van der Waals surface area contributed by atoms with Crippen LogP contribution in [0.2, 0.25) is 5.02 Å². The molecule has 0 bridgehead atoms. The summed E-state index contributed by atoms with van der Waals surface area (Å²) in [7, 11) is 0. The van der Waals surface area contributed by atoms with Crippen molar-refractivity contribution in [1.29, 1.82) is 0 Å². The standard InChI is InChI=1S/C18H14ClN3O/c19-13-6-7-15-14(10-13)16-17(21-15)18(23)22(11-20-16)9-8-12-4-2-1-3-5-12/h1-7,10-11,21H,8-9H2. The molecule has 0 saturated carbocycles. The number of hydrogen-bond acceptors (Lipinski definition) is 2. The average Bonchev–Trinajstić information content (AvgIpc) is 2.94. The Morgan fingerprint density at radius 1 is 1.13 bits per heavy atom. The van der Waals surface area contributed by atoms with E-state index < -0.39 is 0 Å². The van der Waals surface area contributed by atoms with Crippen molar-refractivity contribution in [2.45, 2.75) is 13.0 Å². The summed E-state index contributed by atoms with van der Waals surface area (Å²) >= 11 is 6.04. The number of halogens is 1. The minimum Gasteiger partial charge on any atom is -0.349 e. The quantitative estimate of drug-likeness (QED) is 0.624. The highest BCUT2D eigenvalue weighted by atomic mass is 35.5. The van der Waals surface area contributed by atoms with Crippen LogP contribution in [0.1, 0.15) is 5.56 Å². The zero-order valence-electron chi connectivity index (χ0n) is 12.3. The van der Waals surface area contributed by atoms with Gasteiger partial charge in [-0.1, -0.05) is 41.9 Å². The van der Waals surface area contributed by atoms with Crippen LogP contribution in [0.25, 0.3) is 21.9 Å². The van der Waals surface area contributed by atoms with Crippen LogP contribution < -0.4 is 5.56 Å². The molecule has 0 fully saturated rings. The maximum absolute atomic E-state index is 12.7. The largest absolute Gasteiger partial charge is 0.349 e. The summed E-state index contributed by atoms with van der Waals surface area (Å²) in [5, 5.41) is 1.51. The van der Waals surface area contributed by atoms with E-state index in [9.17, 15) is 4.79 Å². The Balaban J connectivity index is 1.76. The number of H-pyrrole nitrogens is 1. The lowest BCUT2D eigenvalue weighted by Gasteiger charge is -2.05. The zero-order valence-corrected chi connectivity index (χ0v) is 13.0. The summed E-state index contributed by atoms with van der Waals surface area (Å²) in [6.07, 6.45) is 2.40. The molecule has 4 aromatic rings. The molecule has 0 aliphatic rings. The Kier molecular flexibility index (Phi) is 3.39. The third-order valence-corrected chi connectivity index (χ3v) is 4.25. The monoisotopic (exact) mass is 323 g/mol. The van der Waals surface area contributed by atoms with Gasteiger partial charge in [0.05, 0.1) is 6.33 Å². The second-order valence-corrected chi connectivity index (χ2v) is 5.95. The molecule has 0 aliphatic heterocycles. The van der Waals surface area contributed by atoms with Crippen molar-refractivity contribution in [3.8, 4) is 0 Å². The summed E-state index contributed by atoms with van der Waals surface area (Å²) < 4.78 is 1.65. The lowest BCUT2D eigenvalue weighted by molar-refractivity contribution is 0.662. The molecule has 1 N–H and O–H groups in total. The highest BCUT2D eigenvalue weighted by molar-refractivity contribution is 6.31. The van der Waals surface area contributed by atoms with E-state index in [-0.39, 0.29) is 5.56 Å². The molecule has 0 saturated heterocycles. The molecule has 4 rings (SSSR count). The Labute approximate surface area is 137 Å². The zero-order chi connectivity index (χ0) is 15.8. The summed E-state index contributed by atoms with van der Waals surface area (Å²) in [5.74, 6) is 0. The normalized spacial score (nSPS) is 11.3. The topological polar surface area (TPSA) is 50.7 Å². The van der Waals surface area contributed by atoms with Gasteiger partial charge in [0.1, 0.15) is 11.0 Å². The Morgan fingerprint density at radius 3 is 2.78 bits per heavy atom. The predicted molar refractivity (Wildman–Crippen MR) is 93.0 cm³/mol. The van der Waals surface area contributed by atoms with Crippen LogP contribution in [0.4, 0.5) is 0 Å². The molecule has 114 valence electrons. The van der Waals surface area contributed by atoms with E-state index in [1.807, 2.05) is 30.3 Å². The summed E-state index contributed by atoms with van der Waals surface area (Å²) in [6.45, 7) is 0.599. The lowest BCUT2D eigenvalue weighted by Crippen LogP contribution is -2.21. The van der Waals surface area contributed by atoms with E-state index in [0.29, 0.717) is 22.6 Å². The third-order valence-electron chi connectivity index (χ3n) is 4.02. The smallest absolute Gasteiger partial charge is 0.277 e. The lowest BCUT2D eigenvalue weighted by atomic mass is 10.1. The van der Waals surface area contributed by atoms with Crippen LogP contribution in [0.15, 0.2) is 59.7 Å². The highest BCUT2D eigenvalue weighted by Crippen LogP contribution is 2.24. The number of nitrogens with zero attached hydrogens (tertiary/aromatic N) is 2. The van der Waals surface area contributed by atoms with Gasteiger partial charge in [-0.05, 0) is 30.2 Å². The average molecular weight is 324 g/mol. The van der Waals surface area contributed by atoms with Gasteiger partial charge in [0.25, 0.3) is 5.56 Å². The number of aromatic nitrogens is 3. The van der Waals surface area contributed by atoms with E-state index in [1.165, 1.54) is 5.56 Å². The second kappa shape index (κ2) is 5.56. The fraction of sp³-hybridized carbons (Fsp3) is 0.111. The molecule has 5 heteroatoms. The van der Waals surface area contributed by atoms with E-state index in [0.717, 1.165) is 17.3 Å². The number of nitrogens with one attached hydrogen (secondary N) is 1. The number of aryl methyl sites for hydroxylation is 2. The fourth-order valence-corrected chi connectivity index (χ4v) is 2.99. The third kappa shape index (κ3) is 2.51. The molecule has 2 heterocycles. The minimum absolute atomic E-state index is 0.0572. The van der Waals surface area contributed by atoms with Gasteiger partial charge >= 0.3 is 0 Å². The number of aromatic amines is 1. The summed E-state index contributed by atoms with van der Waals surface area (Å²) in [6, 6.07) is 15.6. The molecular formula is C18H14ClN3O. The predicted octanol–water partition coefficient (Wildman–Crippen LogP) is 3.77. The first-order valence-electron chi connectivity index (χ1n) is 7.43. The number of benzene rings is 2. The molecule has 0 radical (unpaired) electrons. The van der Waals surface area contributed by atoms with E-state index in [1.54, 1.807) is 17.0 Å².